The molecule has 0 amide bonds. The summed E-state index contributed by atoms with van der Waals surface area (Å²) < 4.78 is 34.1. The number of sulfonamides is 1. The molecule has 6 heteroatoms. The molecule has 0 atom stereocenters. The zero-order chi connectivity index (χ0) is 22.1. The fourth-order valence-electron chi connectivity index (χ4n) is 4.14. The molecule has 164 valence electrons. The molecule has 1 heterocycles. The van der Waals surface area contributed by atoms with Crippen LogP contribution in [0.2, 0.25) is 0 Å². The van der Waals surface area contributed by atoms with Gasteiger partial charge in [-0.2, -0.15) is 4.31 Å². The Morgan fingerprint density at radius 1 is 0.967 bits per heavy atom. The normalized spacial score (nSPS) is 16.0. The summed E-state index contributed by atoms with van der Waals surface area (Å²) in [5, 5.41) is 0. The molecule has 30 heavy (non-hydrogen) atoms. The van der Waals surface area contributed by atoms with Gasteiger partial charge >= 0.3 is 0 Å². The van der Waals surface area contributed by atoms with Gasteiger partial charge in [-0.3, -0.25) is 0 Å². The molecule has 2 aromatic rings. The van der Waals surface area contributed by atoms with E-state index in [1.165, 1.54) is 16.8 Å². The second-order valence-electron chi connectivity index (χ2n) is 8.97. The predicted molar refractivity (Wildman–Crippen MR) is 123 cm³/mol. The molecule has 3 rings (SSSR count). The highest BCUT2D eigenvalue weighted by atomic mass is 32.2. The highest BCUT2D eigenvalue weighted by molar-refractivity contribution is 7.89. The van der Waals surface area contributed by atoms with Gasteiger partial charge in [0.05, 0.1) is 11.5 Å². The maximum absolute atomic E-state index is 13.4. The summed E-state index contributed by atoms with van der Waals surface area (Å²) in [6.07, 6.45) is 0. The van der Waals surface area contributed by atoms with E-state index < -0.39 is 10.0 Å². The average molecular weight is 431 g/mol. The molecule has 2 aromatic carbocycles. The number of para-hydroxylation sites is 1. The lowest BCUT2D eigenvalue weighted by Gasteiger charge is -2.37. The lowest BCUT2D eigenvalue weighted by molar-refractivity contribution is 0.329. The molecule has 5 nitrogen and oxygen atoms in total. The minimum absolute atomic E-state index is 0.211. The van der Waals surface area contributed by atoms with Crippen LogP contribution in [0.5, 0.6) is 5.75 Å². The van der Waals surface area contributed by atoms with Crippen molar-refractivity contribution in [3.05, 3.63) is 53.1 Å². The van der Waals surface area contributed by atoms with Crippen LogP contribution in [0.1, 0.15) is 44.4 Å². The van der Waals surface area contributed by atoms with Crippen LogP contribution in [0.4, 0.5) is 5.69 Å². The van der Waals surface area contributed by atoms with E-state index in [1.807, 2.05) is 6.92 Å². The van der Waals surface area contributed by atoms with Gasteiger partial charge in [0.1, 0.15) is 5.75 Å². The first kappa shape index (κ1) is 22.6. The standard InChI is InChI=1S/C24H34N2O3S/c1-7-29-22-12-11-20(17-21(22)24(4,5)6)30(27,28)26-15-13-25(14-16-26)23-18(2)9-8-10-19(23)3/h8-12,17H,7,13-16H2,1-6H3. The van der Waals surface area contributed by atoms with Crippen LogP contribution >= 0.6 is 0 Å². The number of hydrogen-bond acceptors (Lipinski definition) is 4. The number of anilines is 1. The molecule has 0 aromatic heterocycles. The molecule has 1 aliphatic heterocycles. The Morgan fingerprint density at radius 3 is 2.10 bits per heavy atom. The summed E-state index contributed by atoms with van der Waals surface area (Å²) in [6.45, 7) is 15.3. The number of aryl methyl sites for hydroxylation is 2. The van der Waals surface area contributed by atoms with Gasteiger partial charge in [-0.05, 0) is 55.5 Å². The SMILES string of the molecule is CCOc1ccc(S(=O)(=O)N2CCN(c3c(C)cccc3C)CC2)cc1C(C)(C)C. The maximum Gasteiger partial charge on any atom is 0.243 e. The molecule has 0 unspecified atom stereocenters. The summed E-state index contributed by atoms with van der Waals surface area (Å²) >= 11 is 0. The minimum atomic E-state index is -3.55. The number of nitrogens with zero attached hydrogens (tertiary/aromatic N) is 2. The topological polar surface area (TPSA) is 49.9 Å². The van der Waals surface area contributed by atoms with Gasteiger partial charge in [0.2, 0.25) is 10.0 Å². The zero-order valence-electron chi connectivity index (χ0n) is 19.0. The first-order valence-corrected chi connectivity index (χ1v) is 12.1. The van der Waals surface area contributed by atoms with Gasteiger partial charge in [-0.25, -0.2) is 8.42 Å². The monoisotopic (exact) mass is 430 g/mol. The number of piperazine rings is 1. The van der Waals surface area contributed by atoms with Gasteiger partial charge < -0.3 is 9.64 Å². The molecular weight excluding hydrogens is 396 g/mol. The Balaban J connectivity index is 1.84. The van der Waals surface area contributed by atoms with E-state index in [1.54, 1.807) is 22.5 Å². The van der Waals surface area contributed by atoms with Gasteiger partial charge in [0.15, 0.2) is 0 Å². The Bertz CT molecular complexity index is 981. The first-order valence-electron chi connectivity index (χ1n) is 10.6. The smallest absolute Gasteiger partial charge is 0.243 e. The van der Waals surface area contributed by atoms with E-state index >= 15 is 0 Å². The number of ether oxygens (including phenoxy) is 1. The van der Waals surface area contributed by atoms with Gasteiger partial charge in [0.25, 0.3) is 0 Å². The van der Waals surface area contributed by atoms with Gasteiger partial charge in [-0.15, -0.1) is 0 Å². The highest BCUT2D eigenvalue weighted by Gasteiger charge is 2.31. The highest BCUT2D eigenvalue weighted by Crippen LogP contribution is 2.34. The van der Waals surface area contributed by atoms with Crippen molar-refractivity contribution in [3.8, 4) is 5.75 Å². The molecule has 0 saturated carbocycles. The molecule has 0 radical (unpaired) electrons. The van der Waals surface area contributed by atoms with Crippen LogP contribution in [0.3, 0.4) is 0 Å². The molecule has 1 saturated heterocycles. The van der Waals surface area contributed by atoms with Crippen molar-refractivity contribution in [2.24, 2.45) is 0 Å². The van der Waals surface area contributed by atoms with Crippen LogP contribution in [-0.2, 0) is 15.4 Å². The molecular formula is C24H34N2O3S. The van der Waals surface area contributed by atoms with Gasteiger partial charge in [0, 0.05) is 37.4 Å². The van der Waals surface area contributed by atoms with Crippen LogP contribution < -0.4 is 9.64 Å². The summed E-state index contributed by atoms with van der Waals surface area (Å²) in [6, 6.07) is 11.5. The molecule has 1 fully saturated rings. The first-order chi connectivity index (χ1) is 14.1. The maximum atomic E-state index is 13.4. The second-order valence-corrected chi connectivity index (χ2v) is 10.9. The van der Waals surface area contributed by atoms with E-state index in [4.69, 9.17) is 4.74 Å². The summed E-state index contributed by atoms with van der Waals surface area (Å²) in [4.78, 5) is 2.64. The van der Waals surface area contributed by atoms with E-state index in [0.717, 1.165) is 11.3 Å². The fraction of sp³-hybridized carbons (Fsp3) is 0.500. The minimum Gasteiger partial charge on any atom is -0.494 e. The predicted octanol–water partition coefficient (Wildman–Crippen LogP) is 4.51. The van der Waals surface area contributed by atoms with Crippen molar-refractivity contribution >= 4 is 15.7 Å². The average Bonchev–Trinajstić information content (AvgIpc) is 2.68. The van der Waals surface area contributed by atoms with Crippen LogP contribution in [0.15, 0.2) is 41.3 Å². The number of hydrogen-bond donors (Lipinski definition) is 0. The summed E-state index contributed by atoms with van der Waals surface area (Å²) in [5.74, 6) is 0.754. The lowest BCUT2D eigenvalue weighted by Crippen LogP contribution is -2.49. The third-order valence-electron chi connectivity index (χ3n) is 5.69. The molecule has 0 N–H and O–H groups in total. The number of benzene rings is 2. The largest absolute Gasteiger partial charge is 0.494 e. The van der Waals surface area contributed by atoms with Crippen LogP contribution in [0, 0.1) is 13.8 Å². The van der Waals surface area contributed by atoms with Crippen molar-refractivity contribution in [2.45, 2.75) is 51.9 Å². The summed E-state index contributed by atoms with van der Waals surface area (Å²) in [5.41, 5.74) is 4.39. The van der Waals surface area contributed by atoms with Crippen molar-refractivity contribution in [1.29, 1.82) is 0 Å². The molecule has 0 spiro atoms. The lowest BCUT2D eigenvalue weighted by atomic mass is 9.86. The van der Waals surface area contributed by atoms with Crippen molar-refractivity contribution < 1.29 is 13.2 Å². The van der Waals surface area contributed by atoms with Crippen molar-refractivity contribution in [2.75, 3.05) is 37.7 Å². The number of rotatable bonds is 5. The van der Waals surface area contributed by atoms with Crippen molar-refractivity contribution in [3.63, 3.8) is 0 Å². The molecule has 1 aliphatic rings. The Morgan fingerprint density at radius 2 is 1.57 bits per heavy atom. The summed E-state index contributed by atoms with van der Waals surface area (Å²) in [7, 11) is -3.55. The third kappa shape index (κ3) is 4.49. The third-order valence-corrected chi connectivity index (χ3v) is 7.59. The second kappa shape index (κ2) is 8.60. The van der Waals surface area contributed by atoms with Crippen molar-refractivity contribution in [1.82, 2.24) is 4.31 Å². The van der Waals surface area contributed by atoms with E-state index in [-0.39, 0.29) is 5.41 Å². The quantitative estimate of drug-likeness (QED) is 0.700. The van der Waals surface area contributed by atoms with E-state index in [0.29, 0.717) is 37.7 Å². The Kier molecular flexibility index (Phi) is 6.48. The van der Waals surface area contributed by atoms with Gasteiger partial charge in [-0.1, -0.05) is 39.0 Å². The molecule has 0 aliphatic carbocycles. The Hall–Kier alpha value is -2.05. The fourth-order valence-corrected chi connectivity index (χ4v) is 5.59. The van der Waals surface area contributed by atoms with Crippen LogP contribution in [0.25, 0.3) is 0 Å². The van der Waals surface area contributed by atoms with E-state index in [9.17, 15) is 8.42 Å². The van der Waals surface area contributed by atoms with E-state index in [2.05, 4.69) is 57.7 Å². The molecule has 0 bridgehead atoms. The van der Waals surface area contributed by atoms with Crippen LogP contribution in [-0.4, -0.2) is 45.5 Å². The Labute approximate surface area is 181 Å². The zero-order valence-corrected chi connectivity index (χ0v) is 19.8.